The summed E-state index contributed by atoms with van der Waals surface area (Å²) in [6, 6.07) is -1.16. The molecule has 0 radical (unpaired) electrons. The number of ether oxygens (including phenoxy) is 5. The average Bonchev–Trinajstić information content (AvgIpc) is 3.23. The molecule has 0 aromatic rings. The summed E-state index contributed by atoms with van der Waals surface area (Å²) in [4.78, 5) is 24.4. The second-order valence-electron chi connectivity index (χ2n) is 17.6. The van der Waals surface area contributed by atoms with Gasteiger partial charge in [-0.05, 0) is 33.1 Å². The lowest BCUT2D eigenvalue weighted by Crippen LogP contribution is -2.62. The van der Waals surface area contributed by atoms with Gasteiger partial charge >= 0.3 is 12.1 Å². The lowest BCUT2D eigenvalue weighted by molar-refractivity contribution is -0.318. The van der Waals surface area contributed by atoms with Crippen LogP contribution in [-0.4, -0.2) is 172 Å². The standard InChI is InChI=1S/C47H73NO18/c1-27-17-15-13-11-9-7-5-6-8-10-12-14-16-18-34(64-45-43(58)40(48)42(57)30(4)63-45)24-38-44(65-46(59)60)37(54)26-47(61,66-38)25-33(51)22-36(53)35(52)20-19-31(49)21-32(50)23-39(55)62-29(3)28(2)41(27)56/h5-18,27-38,40-45,49-54,56-58,61H,19-26,48H2,1-4H3,(H,59,60)/b6-5+,9-7+,10-8+,13-11+,14-12+,17-15+,18-16+/t27-,28-,29-,30+,31+,32+,33-,34-,35+,36+,37-,38-,40-,41+,42+,43-,44+,45-,47+/m0/s1. The third-order valence-electron chi connectivity index (χ3n) is 11.9. The fourth-order valence-electron chi connectivity index (χ4n) is 7.89. The molecule has 0 saturated carbocycles. The average molecular weight is 940 g/mol. The molecular formula is C47H73NO18. The van der Waals surface area contributed by atoms with E-state index in [2.05, 4.69) is 0 Å². The Morgan fingerprint density at radius 1 is 0.667 bits per heavy atom. The number of esters is 1. The number of rotatable bonds is 3. The normalized spacial score (nSPS) is 44.9. The number of hydrogen-bond donors (Lipinski definition) is 12. The number of fused-ring (bicyclic) bond motifs is 2. The zero-order valence-electron chi connectivity index (χ0n) is 38.0. The zero-order valence-corrected chi connectivity index (χ0v) is 38.0. The maximum absolute atomic E-state index is 12.6. The van der Waals surface area contributed by atoms with Gasteiger partial charge in [-0.2, -0.15) is 0 Å². The van der Waals surface area contributed by atoms with Gasteiger partial charge in [-0.15, -0.1) is 0 Å². The van der Waals surface area contributed by atoms with E-state index in [1.165, 1.54) is 13.0 Å². The SMILES string of the molecule is C[C@@H]1[C@H](O)[C@@H](C)/C=C/C=C/C=C/C=C/C=C/C=C/C=C/[C@H](O[C@@H]2O[C@H](C)[C@@H](O)[C@H](N)[C@@H]2O)C[C@@H]2O[C@](O)(C[C@@H](O)C[C@@H](O)[C@H](O)CC[C@@H](O)C[C@@H](O)CC(=O)O[C@H]1C)C[C@H](O)[C@H]2OC(=O)O. The van der Waals surface area contributed by atoms with Gasteiger partial charge in [0.15, 0.2) is 18.2 Å². The van der Waals surface area contributed by atoms with E-state index >= 15 is 0 Å². The maximum atomic E-state index is 12.6. The van der Waals surface area contributed by atoms with Crippen molar-refractivity contribution in [1.29, 1.82) is 0 Å². The Labute approximate surface area is 386 Å². The Bertz CT molecular complexity index is 1680. The van der Waals surface area contributed by atoms with Crippen molar-refractivity contribution in [2.24, 2.45) is 17.6 Å². The number of nitrogens with two attached hydrogens (primary N) is 1. The van der Waals surface area contributed by atoms with Crippen LogP contribution in [0.5, 0.6) is 0 Å². The van der Waals surface area contributed by atoms with Crippen LogP contribution in [-0.2, 0) is 28.5 Å². The number of allylic oxidation sites excluding steroid dienone is 12. The maximum Gasteiger partial charge on any atom is 0.506 e. The van der Waals surface area contributed by atoms with Crippen molar-refractivity contribution in [2.75, 3.05) is 0 Å². The number of hydrogen-bond acceptors (Lipinski definition) is 18. The summed E-state index contributed by atoms with van der Waals surface area (Å²) in [5, 5.41) is 118. The third kappa shape index (κ3) is 19.2. The van der Waals surface area contributed by atoms with E-state index in [-0.39, 0.29) is 31.6 Å². The molecule has 3 heterocycles. The summed E-state index contributed by atoms with van der Waals surface area (Å²) in [7, 11) is 0. The summed E-state index contributed by atoms with van der Waals surface area (Å²) < 4.78 is 28.2. The highest BCUT2D eigenvalue weighted by Crippen LogP contribution is 2.36. The van der Waals surface area contributed by atoms with Crippen molar-refractivity contribution >= 4 is 12.1 Å². The number of aliphatic hydroxyl groups excluding tert-OH is 9. The van der Waals surface area contributed by atoms with Crippen molar-refractivity contribution in [3.8, 4) is 0 Å². The molecule has 0 unspecified atom stereocenters. The minimum atomic E-state index is -2.33. The lowest BCUT2D eigenvalue weighted by Gasteiger charge is -2.45. The first-order valence-electron chi connectivity index (χ1n) is 22.5. The quantitative estimate of drug-likeness (QED) is 0.176. The predicted octanol–water partition coefficient (Wildman–Crippen LogP) is 1.07. The highest BCUT2D eigenvalue weighted by molar-refractivity contribution is 5.70. The summed E-state index contributed by atoms with van der Waals surface area (Å²) >= 11 is 0. The van der Waals surface area contributed by atoms with Gasteiger partial charge in [0.05, 0.1) is 73.5 Å². The highest BCUT2D eigenvalue weighted by atomic mass is 16.7. The molecule has 2 bridgehead atoms. The van der Waals surface area contributed by atoms with Gasteiger partial charge in [-0.25, -0.2) is 4.79 Å². The largest absolute Gasteiger partial charge is 0.506 e. The van der Waals surface area contributed by atoms with Crippen LogP contribution in [0.2, 0.25) is 0 Å². The first-order valence-corrected chi connectivity index (χ1v) is 22.5. The van der Waals surface area contributed by atoms with Gasteiger partial charge in [0.1, 0.15) is 18.3 Å². The summed E-state index contributed by atoms with van der Waals surface area (Å²) in [5.74, 6) is -3.81. The number of aliphatic hydroxyl groups is 10. The van der Waals surface area contributed by atoms with Gasteiger partial charge < -0.3 is 85.6 Å². The smallest absolute Gasteiger partial charge is 0.462 e. The van der Waals surface area contributed by atoms with Gasteiger partial charge in [0.25, 0.3) is 0 Å². The highest BCUT2D eigenvalue weighted by Gasteiger charge is 2.50. The molecule has 19 atom stereocenters. The second kappa shape index (κ2) is 28.0. The van der Waals surface area contributed by atoms with E-state index in [9.17, 15) is 65.8 Å². The molecule has 0 spiro atoms. The van der Waals surface area contributed by atoms with E-state index in [0.717, 1.165) is 0 Å². The van der Waals surface area contributed by atoms with Crippen molar-refractivity contribution in [3.63, 3.8) is 0 Å². The van der Waals surface area contributed by atoms with Crippen LogP contribution in [0.1, 0.15) is 79.1 Å². The van der Waals surface area contributed by atoms with Crippen molar-refractivity contribution in [3.05, 3.63) is 85.1 Å². The molecule has 19 nitrogen and oxygen atoms in total. The van der Waals surface area contributed by atoms with E-state index in [0.29, 0.717) is 0 Å². The number of cyclic esters (lactones) is 1. The Morgan fingerprint density at radius 2 is 1.24 bits per heavy atom. The van der Waals surface area contributed by atoms with E-state index in [1.807, 2.05) is 13.0 Å². The van der Waals surface area contributed by atoms with Crippen LogP contribution >= 0.6 is 0 Å². The first kappa shape index (κ1) is 56.7. The Kier molecular flexibility index (Phi) is 24.0. The minimum Gasteiger partial charge on any atom is -0.462 e. The van der Waals surface area contributed by atoms with Crippen LogP contribution in [0.3, 0.4) is 0 Å². The van der Waals surface area contributed by atoms with Gasteiger partial charge in [0.2, 0.25) is 0 Å². The fraction of sp³-hybridized carbons (Fsp3) is 0.660. The Morgan fingerprint density at radius 3 is 1.83 bits per heavy atom. The van der Waals surface area contributed by atoms with E-state index < -0.39 is 147 Å². The molecule has 3 aliphatic rings. The molecule has 3 aliphatic heterocycles. The van der Waals surface area contributed by atoms with Gasteiger partial charge in [-0.3, -0.25) is 4.79 Å². The Balaban J connectivity index is 1.87. The predicted molar refractivity (Wildman–Crippen MR) is 239 cm³/mol. The van der Waals surface area contributed by atoms with Crippen LogP contribution in [0.25, 0.3) is 0 Å². The molecule has 2 fully saturated rings. The van der Waals surface area contributed by atoms with Crippen molar-refractivity contribution in [1.82, 2.24) is 0 Å². The summed E-state index contributed by atoms with van der Waals surface area (Å²) in [5.41, 5.74) is 6.02. The van der Waals surface area contributed by atoms with E-state index in [4.69, 9.17) is 29.4 Å². The number of carbonyl (C=O) groups excluding carboxylic acids is 1. The topological polar surface area (TPSA) is 329 Å². The number of carboxylic acid groups (broad SMARTS) is 1. The van der Waals surface area contributed by atoms with Crippen molar-refractivity contribution < 1.29 is 89.4 Å². The molecule has 19 heteroatoms. The molecule has 3 rings (SSSR count). The lowest BCUT2D eigenvalue weighted by atomic mass is 9.88. The molecular weight excluding hydrogens is 867 g/mol. The molecule has 2 saturated heterocycles. The zero-order chi connectivity index (χ0) is 49.1. The molecule has 374 valence electrons. The molecule has 66 heavy (non-hydrogen) atoms. The van der Waals surface area contributed by atoms with Crippen LogP contribution in [0, 0.1) is 11.8 Å². The second-order valence-corrected chi connectivity index (χ2v) is 17.6. The van der Waals surface area contributed by atoms with E-state index in [1.54, 1.807) is 86.8 Å². The molecule has 0 aromatic carbocycles. The first-order chi connectivity index (χ1) is 31.1. The monoisotopic (exact) mass is 939 g/mol. The fourth-order valence-corrected chi connectivity index (χ4v) is 7.89. The number of carbonyl (C=O) groups is 2. The summed E-state index contributed by atoms with van der Waals surface area (Å²) in [6.07, 6.45) is -0.0169. The molecule has 0 aliphatic carbocycles. The van der Waals surface area contributed by atoms with Crippen LogP contribution in [0.4, 0.5) is 4.79 Å². The third-order valence-corrected chi connectivity index (χ3v) is 11.9. The van der Waals surface area contributed by atoms with Crippen LogP contribution in [0.15, 0.2) is 85.1 Å². The molecule has 13 N–H and O–H groups in total. The molecule has 0 amide bonds. The van der Waals surface area contributed by atoms with Crippen LogP contribution < -0.4 is 5.73 Å². The van der Waals surface area contributed by atoms with Crippen molar-refractivity contribution in [2.45, 2.75) is 183 Å². The molecule has 0 aromatic heterocycles. The summed E-state index contributed by atoms with van der Waals surface area (Å²) in [6.45, 7) is 6.73. The van der Waals surface area contributed by atoms with Gasteiger partial charge in [-0.1, -0.05) is 98.9 Å². The Hall–Kier alpha value is -3.64. The minimum absolute atomic E-state index is 0.113. The van der Waals surface area contributed by atoms with Gasteiger partial charge in [0, 0.05) is 37.5 Å².